The fourth-order valence-electron chi connectivity index (χ4n) is 5.18. The summed E-state index contributed by atoms with van der Waals surface area (Å²) in [6.45, 7) is 0.00700. The monoisotopic (exact) mass is 833 g/mol. The normalized spacial score (nSPS) is 10.3. The molecule has 0 bridgehead atoms. The molecule has 16 heteroatoms. The summed E-state index contributed by atoms with van der Waals surface area (Å²) in [7, 11) is 1.30. The number of benzene rings is 4. The van der Waals surface area contributed by atoms with Crippen molar-refractivity contribution in [2.24, 2.45) is 0 Å². The summed E-state index contributed by atoms with van der Waals surface area (Å²) < 4.78 is 19.0. The smallest absolute Gasteiger partial charge is 0.870 e. The van der Waals surface area contributed by atoms with Gasteiger partial charge in [-0.2, -0.15) is 0 Å². The molecule has 1 amide bonds. The van der Waals surface area contributed by atoms with Crippen molar-refractivity contribution >= 4 is 74.9 Å². The summed E-state index contributed by atoms with van der Waals surface area (Å²) in [5.41, 5.74) is -0.0869. The van der Waals surface area contributed by atoms with Gasteiger partial charge in [-0.15, -0.1) is 22.7 Å². The Morgan fingerprint density at radius 2 is 1.02 bits per heavy atom. The number of aliphatic hydroxyl groups excluding tert-OH is 4. The molecule has 2 heterocycles. The van der Waals surface area contributed by atoms with Crippen molar-refractivity contribution in [2.75, 3.05) is 59.8 Å². The van der Waals surface area contributed by atoms with Gasteiger partial charge in [-0.1, -0.05) is 24.3 Å². The molecule has 6 aromatic rings. The standard InChI is InChI=1S/C19H19NO5S.C16H12O4S.C5H12O2.K.H2O/c21-9-7-20(8-10-22)18(23)12-25-13-5-6-17-15(11-13)19(24)14-3-1-2-4-16(14)26-17;1-19-15(17)9-20-10-6-7-14-12(8-10)16(18)11-4-2-3-5-13(11)21-14;6-4-2-1-3-5-7;;/h1-6,11,21-22H,7-10,12H2;2-8H,9H2,1H3;6-7H,1-5H2;;1H2/q;;;+1;/p-1. The van der Waals surface area contributed by atoms with Gasteiger partial charge in [-0.05, 0) is 79.9 Å². The average Bonchev–Trinajstić information content (AvgIpc) is 3.20. The minimum Gasteiger partial charge on any atom is -0.870 e. The molecule has 13 nitrogen and oxygen atoms in total. The molecule has 0 aliphatic carbocycles. The Morgan fingerprint density at radius 3 is 1.45 bits per heavy atom. The molecule has 56 heavy (non-hydrogen) atoms. The maximum atomic E-state index is 12.7. The van der Waals surface area contributed by atoms with E-state index in [1.165, 1.54) is 23.3 Å². The number of rotatable bonds is 14. The number of carbonyl (C=O) groups is 2. The molecule has 4 aromatic carbocycles. The number of methoxy groups -OCH3 is 1. The van der Waals surface area contributed by atoms with Gasteiger partial charge in [-0.3, -0.25) is 14.4 Å². The first-order chi connectivity index (χ1) is 26.2. The third kappa shape index (κ3) is 13.9. The number of carbonyl (C=O) groups excluding carboxylic acids is 2. The van der Waals surface area contributed by atoms with Crippen LogP contribution in [0.1, 0.15) is 19.3 Å². The summed E-state index contributed by atoms with van der Waals surface area (Å²) >= 11 is 3.09. The fraction of sp³-hybridized carbons (Fsp3) is 0.300. The number of unbranched alkanes of at least 4 members (excludes halogenated alkanes) is 2. The van der Waals surface area contributed by atoms with Gasteiger partial charge < -0.3 is 45.0 Å². The molecular formula is C40H44KNO12S2. The summed E-state index contributed by atoms with van der Waals surface area (Å²) in [4.78, 5) is 49.7. The first-order valence-electron chi connectivity index (χ1n) is 17.2. The minimum absolute atomic E-state index is 0. The molecule has 294 valence electrons. The van der Waals surface area contributed by atoms with Gasteiger partial charge in [0.25, 0.3) is 5.91 Å². The van der Waals surface area contributed by atoms with Gasteiger partial charge in [0.15, 0.2) is 24.1 Å². The van der Waals surface area contributed by atoms with Crippen LogP contribution < -0.4 is 71.7 Å². The average molecular weight is 834 g/mol. The molecular weight excluding hydrogens is 790 g/mol. The Bertz CT molecular complexity index is 2270. The zero-order valence-electron chi connectivity index (χ0n) is 31.2. The van der Waals surface area contributed by atoms with E-state index in [2.05, 4.69) is 4.74 Å². The van der Waals surface area contributed by atoms with Crippen LogP contribution in [0, 0.1) is 0 Å². The van der Waals surface area contributed by atoms with Gasteiger partial charge in [0, 0.05) is 66.6 Å². The van der Waals surface area contributed by atoms with Gasteiger partial charge in [0.2, 0.25) is 0 Å². The number of aliphatic hydroxyl groups is 4. The van der Waals surface area contributed by atoms with Crippen LogP contribution in [0.25, 0.3) is 40.3 Å². The second kappa shape index (κ2) is 25.8. The van der Waals surface area contributed by atoms with E-state index in [0.717, 1.165) is 38.1 Å². The van der Waals surface area contributed by atoms with Gasteiger partial charge in [0.05, 0.1) is 20.3 Å². The number of amides is 1. The Kier molecular flexibility index (Phi) is 22.5. The molecule has 6 rings (SSSR count). The van der Waals surface area contributed by atoms with Gasteiger partial charge in [-0.25, -0.2) is 4.79 Å². The largest absolute Gasteiger partial charge is 1.00 e. The molecule has 5 N–H and O–H groups in total. The van der Waals surface area contributed by atoms with Crippen LogP contribution in [0.3, 0.4) is 0 Å². The SMILES string of the molecule is COC(=O)COc1ccc2sc3ccccc3c(=O)c2c1.O=C(COc1ccc2sc3ccccc3c(=O)c2c1)N(CCO)CCO.OCCCCCO.[K+].[OH-]. The van der Waals surface area contributed by atoms with E-state index in [4.69, 9.17) is 29.9 Å². The van der Waals surface area contributed by atoms with Gasteiger partial charge >= 0.3 is 57.4 Å². The molecule has 0 unspecified atom stereocenters. The van der Waals surface area contributed by atoms with E-state index in [0.29, 0.717) is 33.0 Å². The predicted octanol–water partition coefficient (Wildman–Crippen LogP) is 1.54. The Labute approximate surface area is 373 Å². The number of hydrogen-bond donors (Lipinski definition) is 4. The molecule has 0 aliphatic rings. The molecule has 0 fully saturated rings. The maximum Gasteiger partial charge on any atom is 1.00 e. The molecule has 2 aromatic heterocycles. The molecule has 0 spiro atoms. The van der Waals surface area contributed by atoms with Crippen molar-refractivity contribution in [3.05, 3.63) is 105 Å². The van der Waals surface area contributed by atoms with Gasteiger partial charge in [0.1, 0.15) is 11.5 Å². The van der Waals surface area contributed by atoms with E-state index in [1.54, 1.807) is 41.7 Å². The fourth-order valence-corrected chi connectivity index (χ4v) is 7.29. The van der Waals surface area contributed by atoms with Crippen LogP contribution in [0.15, 0.2) is 94.5 Å². The van der Waals surface area contributed by atoms with Crippen LogP contribution in [-0.4, -0.2) is 103 Å². The number of esters is 1. The number of hydrogen-bond acceptors (Lipinski definition) is 14. The second-order valence-electron chi connectivity index (χ2n) is 11.7. The molecule has 0 aliphatic heterocycles. The van der Waals surface area contributed by atoms with Crippen molar-refractivity contribution in [3.8, 4) is 11.5 Å². The van der Waals surface area contributed by atoms with E-state index < -0.39 is 5.97 Å². The molecule has 0 saturated carbocycles. The number of fused-ring (bicyclic) bond motifs is 4. The van der Waals surface area contributed by atoms with E-state index in [-0.39, 0.29) is 126 Å². The topological polar surface area (TPSA) is 210 Å². The van der Waals surface area contributed by atoms with Crippen LogP contribution in [0.2, 0.25) is 0 Å². The summed E-state index contributed by atoms with van der Waals surface area (Å²) in [5.74, 6) is 0.112. The Hall–Kier alpha value is -3.36. The zero-order valence-corrected chi connectivity index (χ0v) is 36.0. The quantitative estimate of drug-likeness (QED) is 0.0534. The van der Waals surface area contributed by atoms with Crippen molar-refractivity contribution in [2.45, 2.75) is 19.3 Å². The van der Waals surface area contributed by atoms with Crippen molar-refractivity contribution in [3.63, 3.8) is 0 Å². The second-order valence-corrected chi connectivity index (χ2v) is 13.8. The first kappa shape index (κ1) is 48.8. The third-order valence-corrected chi connectivity index (χ3v) is 10.3. The van der Waals surface area contributed by atoms with E-state index >= 15 is 0 Å². The third-order valence-electron chi connectivity index (χ3n) is 7.95. The zero-order chi connectivity index (χ0) is 38.9. The first-order valence-corrected chi connectivity index (χ1v) is 18.8. The maximum absolute atomic E-state index is 12.7. The minimum atomic E-state index is -0.459. The Balaban J connectivity index is 0.000000325. The van der Waals surface area contributed by atoms with Crippen molar-refractivity contribution in [1.29, 1.82) is 0 Å². The molecule has 0 saturated heterocycles. The summed E-state index contributed by atoms with van der Waals surface area (Å²) in [6, 6.07) is 25.4. The van der Waals surface area contributed by atoms with Crippen LogP contribution in [-0.2, 0) is 14.3 Å². The van der Waals surface area contributed by atoms with E-state index in [9.17, 15) is 19.2 Å². The van der Waals surface area contributed by atoms with Crippen molar-refractivity contribution < 1.29 is 101 Å². The molecule has 0 radical (unpaired) electrons. The van der Waals surface area contributed by atoms with Crippen LogP contribution in [0.4, 0.5) is 0 Å². The summed E-state index contributed by atoms with van der Waals surface area (Å²) in [5, 5.41) is 36.9. The predicted molar refractivity (Wildman–Crippen MR) is 215 cm³/mol. The van der Waals surface area contributed by atoms with Crippen molar-refractivity contribution in [1.82, 2.24) is 4.90 Å². The van der Waals surface area contributed by atoms with Crippen LogP contribution in [0.5, 0.6) is 11.5 Å². The van der Waals surface area contributed by atoms with E-state index in [1.807, 2.05) is 54.6 Å². The Morgan fingerprint density at radius 1 is 0.589 bits per heavy atom. The molecule has 0 atom stereocenters. The number of nitrogens with zero attached hydrogens (tertiary/aromatic N) is 1. The number of ether oxygens (including phenoxy) is 3. The summed E-state index contributed by atoms with van der Waals surface area (Å²) in [6.07, 6.45) is 2.58. The van der Waals surface area contributed by atoms with Crippen LogP contribution >= 0.6 is 22.7 Å².